The second kappa shape index (κ2) is 15.7. The SMILES string of the molecule is CC(=O)CC(C)=O.COC(=O)C(=Cc1c(F)ccc(F)c1F)C(=O)OC.O=Cc1c(F)ccc(F)c1F. The number of hydrogen-bond donors (Lipinski definition) is 0. The molecule has 0 saturated heterocycles. The van der Waals surface area contributed by atoms with Gasteiger partial charge in [-0.05, 0) is 44.2 Å². The lowest BCUT2D eigenvalue weighted by atomic mass is 10.1. The van der Waals surface area contributed by atoms with Crippen LogP contribution in [-0.4, -0.2) is 44.0 Å². The summed E-state index contributed by atoms with van der Waals surface area (Å²) in [6.45, 7) is 2.81. The van der Waals surface area contributed by atoms with E-state index in [0.29, 0.717) is 30.3 Å². The van der Waals surface area contributed by atoms with E-state index in [2.05, 4.69) is 9.47 Å². The molecule has 0 fully saturated rings. The molecule has 0 saturated carbocycles. The summed E-state index contributed by atoms with van der Waals surface area (Å²) in [5.41, 5.74) is -2.50. The molecule has 0 aliphatic rings. The predicted octanol–water partition coefficient (Wildman–Crippen LogP) is 4.30. The molecule has 13 heteroatoms. The molecule has 2 aromatic rings. The first kappa shape index (κ1) is 32.7. The van der Waals surface area contributed by atoms with Crippen molar-refractivity contribution in [2.75, 3.05) is 14.2 Å². The highest BCUT2D eigenvalue weighted by Crippen LogP contribution is 2.20. The Morgan fingerprint density at radius 2 is 1.03 bits per heavy atom. The highest BCUT2D eigenvalue weighted by Gasteiger charge is 2.22. The number of hydrogen-bond acceptors (Lipinski definition) is 7. The summed E-state index contributed by atoms with van der Waals surface area (Å²) in [7, 11) is 1.94. The maximum atomic E-state index is 13.4. The van der Waals surface area contributed by atoms with E-state index in [1.54, 1.807) is 0 Å². The molecule has 0 heterocycles. The summed E-state index contributed by atoms with van der Waals surface area (Å²) in [5, 5.41) is 0. The van der Waals surface area contributed by atoms with Gasteiger partial charge >= 0.3 is 11.9 Å². The molecule has 0 aliphatic heterocycles. The van der Waals surface area contributed by atoms with Crippen molar-refractivity contribution in [2.24, 2.45) is 0 Å². The van der Waals surface area contributed by atoms with Gasteiger partial charge in [0.1, 0.15) is 28.8 Å². The van der Waals surface area contributed by atoms with E-state index in [1.807, 2.05) is 0 Å². The molecule has 0 bridgehead atoms. The number of carbonyl (C=O) groups excluding carboxylic acids is 5. The van der Waals surface area contributed by atoms with Gasteiger partial charge in [0, 0.05) is 0 Å². The Balaban J connectivity index is 0.000000604. The highest BCUT2D eigenvalue weighted by molar-refractivity contribution is 6.17. The van der Waals surface area contributed by atoms with Crippen molar-refractivity contribution in [1.29, 1.82) is 0 Å². The minimum Gasteiger partial charge on any atom is -0.465 e. The summed E-state index contributed by atoms with van der Waals surface area (Å²) in [6.07, 6.45) is 0.555. The Hall–Kier alpha value is -4.29. The molecule has 2 rings (SSSR count). The lowest BCUT2D eigenvalue weighted by molar-refractivity contribution is -0.144. The standard InChI is InChI=1S/C12H9F3O4.C7H3F3O.C5H8O2/c1-18-11(16)7(12(17)19-2)5-6-8(13)3-4-9(14)10(6)15;8-5-1-2-6(9)7(10)4(5)3-11;1-4(6)3-5(2)7/h3-5H,1-2H3;1-3H;3H2,1-2H3. The van der Waals surface area contributed by atoms with Gasteiger partial charge in [0.15, 0.2) is 29.6 Å². The van der Waals surface area contributed by atoms with Crippen LogP contribution in [0.2, 0.25) is 0 Å². The fraction of sp³-hybridized carbons (Fsp3) is 0.208. The monoisotopic (exact) mass is 534 g/mol. The highest BCUT2D eigenvalue weighted by atomic mass is 19.2. The summed E-state index contributed by atoms with van der Waals surface area (Å²) in [6, 6.07) is 2.56. The molecular weight excluding hydrogens is 514 g/mol. The third-order valence-corrected chi connectivity index (χ3v) is 3.87. The van der Waals surface area contributed by atoms with Crippen LogP contribution in [0.3, 0.4) is 0 Å². The number of ether oxygens (including phenoxy) is 2. The average molecular weight is 534 g/mol. The van der Waals surface area contributed by atoms with Gasteiger partial charge in [-0.1, -0.05) is 0 Å². The van der Waals surface area contributed by atoms with Crippen molar-refractivity contribution >= 4 is 35.9 Å². The first-order chi connectivity index (χ1) is 17.2. The molecule has 0 amide bonds. The van der Waals surface area contributed by atoms with Crippen molar-refractivity contribution in [3.63, 3.8) is 0 Å². The third kappa shape index (κ3) is 10.5. The largest absolute Gasteiger partial charge is 0.465 e. The minimum atomic E-state index is -1.52. The second-order valence-electron chi connectivity index (χ2n) is 6.75. The van der Waals surface area contributed by atoms with E-state index in [4.69, 9.17) is 0 Å². The van der Waals surface area contributed by atoms with E-state index in [-0.39, 0.29) is 24.3 Å². The minimum absolute atomic E-state index is 0.0618. The van der Waals surface area contributed by atoms with Crippen LogP contribution in [0.5, 0.6) is 0 Å². The number of halogens is 6. The number of aldehydes is 1. The molecule has 0 radical (unpaired) electrons. The smallest absolute Gasteiger partial charge is 0.345 e. The summed E-state index contributed by atoms with van der Waals surface area (Å²) < 4.78 is 85.3. The zero-order valence-corrected chi connectivity index (χ0v) is 19.8. The van der Waals surface area contributed by atoms with Crippen LogP contribution in [0.4, 0.5) is 26.3 Å². The predicted molar refractivity (Wildman–Crippen MR) is 116 cm³/mol. The van der Waals surface area contributed by atoms with E-state index in [1.165, 1.54) is 13.8 Å². The average Bonchev–Trinajstić information content (AvgIpc) is 2.83. The van der Waals surface area contributed by atoms with Gasteiger partial charge in [0.05, 0.1) is 31.8 Å². The van der Waals surface area contributed by atoms with Crippen LogP contribution < -0.4 is 0 Å². The fourth-order valence-corrected chi connectivity index (χ4v) is 2.24. The van der Waals surface area contributed by atoms with Crippen LogP contribution in [0.1, 0.15) is 36.2 Å². The number of methoxy groups -OCH3 is 2. The maximum absolute atomic E-state index is 13.4. The van der Waals surface area contributed by atoms with E-state index in [9.17, 15) is 50.3 Å². The fourth-order valence-electron chi connectivity index (χ4n) is 2.24. The molecule has 0 N–H and O–H groups in total. The number of benzene rings is 2. The van der Waals surface area contributed by atoms with Gasteiger partial charge in [-0.25, -0.2) is 35.9 Å². The first-order valence-corrected chi connectivity index (χ1v) is 9.81. The molecule has 0 aromatic heterocycles. The third-order valence-electron chi connectivity index (χ3n) is 3.87. The van der Waals surface area contributed by atoms with Crippen LogP contribution in [0.25, 0.3) is 6.08 Å². The zero-order chi connectivity index (χ0) is 28.9. The normalized spacial score (nSPS) is 9.46. The van der Waals surface area contributed by atoms with Crippen LogP contribution in [0, 0.1) is 34.9 Å². The van der Waals surface area contributed by atoms with Crippen molar-refractivity contribution in [3.8, 4) is 0 Å². The molecule has 37 heavy (non-hydrogen) atoms. The number of carbonyl (C=O) groups is 5. The van der Waals surface area contributed by atoms with E-state index in [0.717, 1.165) is 14.2 Å². The van der Waals surface area contributed by atoms with Crippen molar-refractivity contribution < 1.29 is 59.8 Å². The van der Waals surface area contributed by atoms with Gasteiger partial charge in [0.2, 0.25) is 0 Å². The molecule has 0 aliphatic carbocycles. The summed E-state index contributed by atoms with van der Waals surface area (Å²) in [4.78, 5) is 52.6. The molecule has 200 valence electrons. The van der Waals surface area contributed by atoms with E-state index >= 15 is 0 Å². The summed E-state index contributed by atoms with van der Waals surface area (Å²) in [5.74, 6) is -10.1. The van der Waals surface area contributed by atoms with Crippen molar-refractivity contribution in [3.05, 3.63) is 75.9 Å². The Morgan fingerprint density at radius 3 is 1.32 bits per heavy atom. The van der Waals surface area contributed by atoms with Gasteiger partial charge < -0.3 is 9.47 Å². The van der Waals surface area contributed by atoms with Crippen LogP contribution >= 0.6 is 0 Å². The molecule has 0 atom stereocenters. The second-order valence-corrected chi connectivity index (χ2v) is 6.75. The number of ketones is 2. The molecular formula is C24H20F6O7. The van der Waals surface area contributed by atoms with Gasteiger partial charge in [0.25, 0.3) is 0 Å². The van der Waals surface area contributed by atoms with Crippen molar-refractivity contribution in [2.45, 2.75) is 20.3 Å². The van der Waals surface area contributed by atoms with Gasteiger partial charge in [-0.3, -0.25) is 14.4 Å². The van der Waals surface area contributed by atoms with Gasteiger partial charge in [-0.15, -0.1) is 0 Å². The summed E-state index contributed by atoms with van der Waals surface area (Å²) >= 11 is 0. The topological polar surface area (TPSA) is 104 Å². The molecule has 0 spiro atoms. The van der Waals surface area contributed by atoms with Crippen LogP contribution in [0.15, 0.2) is 29.8 Å². The van der Waals surface area contributed by atoms with E-state index < -0.39 is 63.5 Å². The zero-order valence-electron chi connectivity index (χ0n) is 19.8. The maximum Gasteiger partial charge on any atom is 0.345 e. The number of Topliss-reactive ketones (excluding diaryl/α,β-unsaturated/α-hetero) is 2. The van der Waals surface area contributed by atoms with Gasteiger partial charge in [-0.2, -0.15) is 0 Å². The Labute approximate surface area is 206 Å². The first-order valence-electron chi connectivity index (χ1n) is 9.81. The molecule has 2 aromatic carbocycles. The van der Waals surface area contributed by atoms with Crippen LogP contribution in [-0.2, 0) is 28.7 Å². The Kier molecular flexibility index (Phi) is 13.8. The Bertz CT molecular complexity index is 1180. The number of esters is 2. The lowest BCUT2D eigenvalue weighted by Crippen LogP contribution is -2.16. The quantitative estimate of drug-likeness (QED) is 0.104. The molecule has 0 unspecified atom stereocenters. The lowest BCUT2D eigenvalue weighted by Gasteiger charge is -2.05. The van der Waals surface area contributed by atoms with Crippen molar-refractivity contribution in [1.82, 2.24) is 0 Å². The molecule has 7 nitrogen and oxygen atoms in total. The Morgan fingerprint density at radius 1 is 0.676 bits per heavy atom. The number of rotatable bonds is 6.